The number of allylic oxidation sites excluding steroid dienone is 1. The van der Waals surface area contributed by atoms with Crippen LogP contribution in [0.5, 0.6) is 0 Å². The van der Waals surface area contributed by atoms with Crippen molar-refractivity contribution in [3.8, 4) is 0 Å². The molecule has 0 unspecified atom stereocenters. The maximum Gasteiger partial charge on any atom is 0.416 e. The molecule has 2 heterocycles. The molecule has 0 radical (unpaired) electrons. The van der Waals surface area contributed by atoms with E-state index in [9.17, 15) is 27.9 Å². The zero-order valence-electron chi connectivity index (χ0n) is 21.3. The van der Waals surface area contributed by atoms with Crippen molar-refractivity contribution < 1.29 is 27.9 Å². The van der Waals surface area contributed by atoms with Gasteiger partial charge < -0.3 is 5.11 Å². The van der Waals surface area contributed by atoms with Gasteiger partial charge in [0.05, 0.1) is 17.4 Å². The number of carbonyl (C=O) groups excluding carboxylic acids is 1. The Balaban J connectivity index is 1.47. The van der Waals surface area contributed by atoms with Gasteiger partial charge in [-0.15, -0.1) is 0 Å². The summed E-state index contributed by atoms with van der Waals surface area (Å²) in [6, 6.07) is 3.71. The molecule has 2 fully saturated rings. The molecule has 0 saturated carbocycles. The molecule has 1 aliphatic carbocycles. The van der Waals surface area contributed by atoms with Crippen molar-refractivity contribution in [2.75, 3.05) is 32.7 Å². The number of hydrogen-bond donors (Lipinski definition) is 1. The smallest absolute Gasteiger partial charge is 0.416 e. The predicted octanol–water partition coefficient (Wildman–Crippen LogP) is 6.05. The number of aliphatic carboxylic acids is 1. The lowest BCUT2D eigenvalue weighted by Gasteiger charge is -2.38. The van der Waals surface area contributed by atoms with Crippen LogP contribution in [0.15, 0.2) is 29.8 Å². The van der Waals surface area contributed by atoms with Crippen molar-refractivity contribution in [2.45, 2.75) is 64.6 Å². The molecule has 0 amide bonds. The monoisotopic (exact) mass is 540 g/mol. The molecular weight excluding hydrogens is 505 g/mol. The summed E-state index contributed by atoms with van der Waals surface area (Å²) in [6.07, 6.45) is 3.57. The summed E-state index contributed by atoms with van der Waals surface area (Å²) in [5.74, 6) is -1.63. The van der Waals surface area contributed by atoms with E-state index in [1.54, 1.807) is 4.90 Å². The molecule has 0 spiro atoms. The molecule has 5 nitrogen and oxygen atoms in total. The second-order valence-corrected chi connectivity index (χ2v) is 11.5. The molecule has 204 valence electrons. The first-order valence-corrected chi connectivity index (χ1v) is 13.6. The van der Waals surface area contributed by atoms with Crippen molar-refractivity contribution in [3.63, 3.8) is 0 Å². The molecule has 2 aliphatic heterocycles. The molecule has 0 aromatic heterocycles. The molecule has 9 heteroatoms. The Labute approximate surface area is 221 Å². The number of alkyl halides is 3. The van der Waals surface area contributed by atoms with E-state index in [2.05, 4.69) is 11.0 Å². The molecular formula is C28H36ClF3N2O3. The fraction of sp³-hybridized carbons (Fsp3) is 0.643. The number of nitrogens with zero attached hydrogens (tertiary/aromatic N) is 2. The van der Waals surface area contributed by atoms with Gasteiger partial charge in [0, 0.05) is 37.1 Å². The van der Waals surface area contributed by atoms with Crippen molar-refractivity contribution in [2.24, 2.45) is 17.3 Å². The largest absolute Gasteiger partial charge is 0.481 e. The lowest BCUT2D eigenvalue weighted by atomic mass is 9.67. The Morgan fingerprint density at radius 1 is 1.14 bits per heavy atom. The van der Waals surface area contributed by atoms with Crippen molar-refractivity contribution in [1.82, 2.24) is 9.80 Å². The molecule has 3 aliphatic rings. The maximum atomic E-state index is 13.9. The van der Waals surface area contributed by atoms with E-state index < -0.39 is 23.1 Å². The third-order valence-electron chi connectivity index (χ3n) is 8.51. The first-order valence-electron chi connectivity index (χ1n) is 13.2. The van der Waals surface area contributed by atoms with E-state index in [1.165, 1.54) is 30.5 Å². The normalized spacial score (nSPS) is 26.3. The van der Waals surface area contributed by atoms with Gasteiger partial charge in [-0.3, -0.25) is 19.4 Å². The number of carboxylic acid groups (broad SMARTS) is 1. The SMILES string of the molecule is C[C@H]1CN(Cc2c(Cl)cccc2C(F)(F)F)C[C@@]1(CC(=O)O)C(=O)C1CCN(CC2=CCCCC2)CC1. The van der Waals surface area contributed by atoms with E-state index in [4.69, 9.17) is 11.6 Å². The number of halogens is 4. The quantitative estimate of drug-likeness (QED) is 0.407. The minimum Gasteiger partial charge on any atom is -0.481 e. The number of piperidine rings is 1. The van der Waals surface area contributed by atoms with Crippen LogP contribution >= 0.6 is 11.6 Å². The van der Waals surface area contributed by atoms with Crippen LogP contribution in [-0.2, 0) is 22.3 Å². The molecule has 4 rings (SSSR count). The molecule has 37 heavy (non-hydrogen) atoms. The van der Waals surface area contributed by atoms with E-state index in [0.29, 0.717) is 19.4 Å². The summed E-state index contributed by atoms with van der Waals surface area (Å²) in [6.45, 7) is 4.76. The standard InChI is InChI=1S/C28H36ClF3N2O3/c1-19-15-34(17-22-23(28(30,31)32)8-5-9-24(22)29)18-27(19,14-25(35)36)26(37)21-10-12-33(13-11-21)16-20-6-3-2-4-7-20/h5-6,8-9,19,21H,2-4,7,10-18H2,1H3,(H,35,36)/t19-,27+/m0/s1. The lowest BCUT2D eigenvalue weighted by Crippen LogP contribution is -2.47. The van der Waals surface area contributed by atoms with Crippen LogP contribution in [0.3, 0.4) is 0 Å². The molecule has 2 atom stereocenters. The van der Waals surface area contributed by atoms with Crippen molar-refractivity contribution >= 4 is 23.4 Å². The fourth-order valence-electron chi connectivity index (χ4n) is 6.51. The van der Waals surface area contributed by atoms with Gasteiger partial charge in [0.2, 0.25) is 0 Å². The Morgan fingerprint density at radius 3 is 2.49 bits per heavy atom. The van der Waals surface area contributed by atoms with E-state index >= 15 is 0 Å². The molecule has 1 aromatic carbocycles. The number of rotatable bonds is 8. The first kappa shape index (κ1) is 28.1. The third-order valence-corrected chi connectivity index (χ3v) is 8.87. The minimum absolute atomic E-state index is 0.0185. The van der Waals surface area contributed by atoms with Crippen LogP contribution in [-0.4, -0.2) is 59.4 Å². The average Bonchev–Trinajstić information content (AvgIpc) is 3.15. The summed E-state index contributed by atoms with van der Waals surface area (Å²) in [4.78, 5) is 30.0. The summed E-state index contributed by atoms with van der Waals surface area (Å²) in [5.41, 5.74) is -0.483. The van der Waals surface area contributed by atoms with Gasteiger partial charge >= 0.3 is 12.1 Å². The number of ketones is 1. The zero-order chi connectivity index (χ0) is 26.8. The van der Waals surface area contributed by atoms with Crippen molar-refractivity contribution in [3.05, 3.63) is 46.0 Å². The third kappa shape index (κ3) is 6.40. The topological polar surface area (TPSA) is 60.9 Å². The minimum atomic E-state index is -4.55. The highest BCUT2D eigenvalue weighted by Gasteiger charge is 2.53. The number of carboxylic acids is 1. The number of carbonyl (C=O) groups is 2. The van der Waals surface area contributed by atoms with Crippen LogP contribution < -0.4 is 0 Å². The van der Waals surface area contributed by atoms with Crippen LogP contribution in [0, 0.1) is 17.3 Å². The molecule has 1 N–H and O–H groups in total. The number of Topliss-reactive ketones (excluding diaryl/α,β-unsaturated/α-hetero) is 1. The van der Waals surface area contributed by atoms with Crippen LogP contribution in [0.1, 0.15) is 63.0 Å². The lowest BCUT2D eigenvalue weighted by molar-refractivity contribution is -0.148. The highest BCUT2D eigenvalue weighted by Crippen LogP contribution is 2.45. The number of benzene rings is 1. The van der Waals surface area contributed by atoms with Crippen molar-refractivity contribution in [1.29, 1.82) is 0 Å². The first-order chi connectivity index (χ1) is 17.5. The van der Waals surface area contributed by atoms with Gasteiger partial charge in [0.15, 0.2) is 0 Å². The number of likely N-dealkylation sites (tertiary alicyclic amines) is 2. The second kappa shape index (κ2) is 11.5. The van der Waals surface area contributed by atoms with E-state index in [0.717, 1.165) is 38.5 Å². The summed E-state index contributed by atoms with van der Waals surface area (Å²) in [5, 5.41) is 9.76. The highest BCUT2D eigenvalue weighted by molar-refractivity contribution is 6.31. The van der Waals surface area contributed by atoms with Crippen LogP contribution in [0.4, 0.5) is 13.2 Å². The second-order valence-electron chi connectivity index (χ2n) is 11.1. The van der Waals surface area contributed by atoms with Gasteiger partial charge in [0.25, 0.3) is 0 Å². The zero-order valence-corrected chi connectivity index (χ0v) is 22.1. The van der Waals surface area contributed by atoms with Gasteiger partial charge in [-0.2, -0.15) is 13.2 Å². The summed E-state index contributed by atoms with van der Waals surface area (Å²) >= 11 is 6.18. The van der Waals surface area contributed by atoms with Gasteiger partial charge in [-0.1, -0.05) is 36.2 Å². The van der Waals surface area contributed by atoms with Gasteiger partial charge in [0.1, 0.15) is 5.78 Å². The highest BCUT2D eigenvalue weighted by atomic mass is 35.5. The molecule has 1 aromatic rings. The Bertz CT molecular complexity index is 1040. The maximum absolute atomic E-state index is 13.9. The summed E-state index contributed by atoms with van der Waals surface area (Å²) < 4.78 is 40.9. The molecule has 2 saturated heterocycles. The van der Waals surface area contributed by atoms with Crippen LogP contribution in [0.2, 0.25) is 5.02 Å². The Hall–Kier alpha value is -1.90. The Morgan fingerprint density at radius 2 is 1.86 bits per heavy atom. The number of hydrogen-bond acceptors (Lipinski definition) is 4. The van der Waals surface area contributed by atoms with Gasteiger partial charge in [-0.05, 0) is 75.2 Å². The van der Waals surface area contributed by atoms with Crippen LogP contribution in [0.25, 0.3) is 0 Å². The fourth-order valence-corrected chi connectivity index (χ4v) is 6.75. The average molecular weight is 541 g/mol. The van der Waals surface area contributed by atoms with Gasteiger partial charge in [-0.25, -0.2) is 0 Å². The van der Waals surface area contributed by atoms with E-state index in [1.807, 2.05) is 6.92 Å². The van der Waals surface area contributed by atoms with E-state index in [-0.39, 0.29) is 47.7 Å². The predicted molar refractivity (Wildman–Crippen MR) is 136 cm³/mol. The summed E-state index contributed by atoms with van der Waals surface area (Å²) in [7, 11) is 0. The molecule has 0 bridgehead atoms. The Kier molecular flexibility index (Phi) is 8.71.